The summed E-state index contributed by atoms with van der Waals surface area (Å²) in [5.74, 6) is 0.436. The number of nitrogens with two attached hydrogens (primary N) is 1. The van der Waals surface area contributed by atoms with Crippen molar-refractivity contribution < 1.29 is 9.90 Å². The largest absolute Gasteiger partial charge is 0.398 e. The van der Waals surface area contributed by atoms with Crippen LogP contribution in [0.5, 0.6) is 0 Å². The van der Waals surface area contributed by atoms with Crippen LogP contribution in [0.25, 0.3) is 0 Å². The summed E-state index contributed by atoms with van der Waals surface area (Å²) in [5.41, 5.74) is 8.04. The van der Waals surface area contributed by atoms with E-state index in [0.29, 0.717) is 17.2 Å². The van der Waals surface area contributed by atoms with E-state index >= 15 is 0 Å². The zero-order valence-corrected chi connectivity index (χ0v) is 11.4. The molecule has 3 N–H and O–H groups in total. The zero-order chi connectivity index (χ0) is 13.8. The lowest BCUT2D eigenvalue weighted by Crippen LogP contribution is -2.40. The van der Waals surface area contributed by atoms with Crippen molar-refractivity contribution in [1.82, 2.24) is 4.90 Å². The Hall–Kier alpha value is -1.55. The number of rotatable bonds is 3. The molecule has 4 nitrogen and oxygen atoms in total. The summed E-state index contributed by atoms with van der Waals surface area (Å²) in [7, 11) is 0. The molecular formula is C15H22N2O2. The molecule has 2 rings (SSSR count). The molecule has 1 heterocycles. The molecule has 0 radical (unpaired) electrons. The standard InChI is InChI=1S/C15H22N2O2/c1-11-4-2-6-13(16)14(11)15(19)17-8-3-5-12(10-17)7-9-18/h2,4,6,12,18H,3,5,7-10,16H2,1H3. The third-order valence-electron chi connectivity index (χ3n) is 3.86. The second-order valence-corrected chi connectivity index (χ2v) is 5.31. The number of carbonyl (C=O) groups is 1. The van der Waals surface area contributed by atoms with E-state index in [1.165, 1.54) is 0 Å². The highest BCUT2D eigenvalue weighted by Crippen LogP contribution is 2.24. The van der Waals surface area contributed by atoms with Crippen LogP contribution in [-0.2, 0) is 0 Å². The molecule has 0 aromatic heterocycles. The molecule has 0 aliphatic carbocycles. The first-order valence-electron chi connectivity index (χ1n) is 6.88. The lowest BCUT2D eigenvalue weighted by atomic mass is 9.94. The van der Waals surface area contributed by atoms with E-state index in [0.717, 1.165) is 37.9 Å². The number of hydrogen-bond donors (Lipinski definition) is 2. The van der Waals surface area contributed by atoms with E-state index in [1.54, 1.807) is 6.07 Å². The molecule has 19 heavy (non-hydrogen) atoms. The average Bonchev–Trinajstić information content (AvgIpc) is 2.39. The third-order valence-corrected chi connectivity index (χ3v) is 3.86. The number of piperidine rings is 1. The molecule has 1 atom stereocenters. The van der Waals surface area contributed by atoms with Crippen molar-refractivity contribution in [2.45, 2.75) is 26.2 Å². The minimum Gasteiger partial charge on any atom is -0.398 e. The van der Waals surface area contributed by atoms with Crippen molar-refractivity contribution in [1.29, 1.82) is 0 Å². The molecule has 1 aromatic carbocycles. The van der Waals surface area contributed by atoms with Crippen LogP contribution < -0.4 is 5.73 Å². The van der Waals surface area contributed by atoms with Crippen molar-refractivity contribution >= 4 is 11.6 Å². The molecule has 1 aromatic rings. The maximum atomic E-state index is 12.6. The van der Waals surface area contributed by atoms with Crippen molar-refractivity contribution in [3.63, 3.8) is 0 Å². The summed E-state index contributed by atoms with van der Waals surface area (Å²) in [4.78, 5) is 14.5. The lowest BCUT2D eigenvalue weighted by molar-refractivity contribution is 0.0654. The lowest BCUT2D eigenvalue weighted by Gasteiger charge is -2.33. The van der Waals surface area contributed by atoms with Crippen molar-refractivity contribution in [2.75, 3.05) is 25.4 Å². The molecule has 1 saturated heterocycles. The Morgan fingerprint density at radius 1 is 1.53 bits per heavy atom. The van der Waals surface area contributed by atoms with Gasteiger partial charge in [-0.3, -0.25) is 4.79 Å². The van der Waals surface area contributed by atoms with E-state index in [2.05, 4.69) is 0 Å². The average molecular weight is 262 g/mol. The van der Waals surface area contributed by atoms with E-state index in [1.807, 2.05) is 24.0 Å². The molecule has 0 saturated carbocycles. The molecule has 1 fully saturated rings. The van der Waals surface area contributed by atoms with E-state index in [-0.39, 0.29) is 12.5 Å². The zero-order valence-electron chi connectivity index (χ0n) is 11.4. The summed E-state index contributed by atoms with van der Waals surface area (Å²) in [5, 5.41) is 9.03. The van der Waals surface area contributed by atoms with E-state index in [4.69, 9.17) is 10.8 Å². The molecule has 4 heteroatoms. The van der Waals surface area contributed by atoms with Crippen LogP contribution in [-0.4, -0.2) is 35.6 Å². The maximum absolute atomic E-state index is 12.6. The van der Waals surface area contributed by atoms with Gasteiger partial charge < -0.3 is 15.7 Å². The van der Waals surface area contributed by atoms with Crippen LogP contribution >= 0.6 is 0 Å². The van der Waals surface area contributed by atoms with Gasteiger partial charge >= 0.3 is 0 Å². The van der Waals surface area contributed by atoms with Crippen LogP contribution in [0.15, 0.2) is 18.2 Å². The fourth-order valence-electron chi connectivity index (χ4n) is 2.81. The second kappa shape index (κ2) is 6.06. The number of likely N-dealkylation sites (tertiary alicyclic amines) is 1. The van der Waals surface area contributed by atoms with Crippen LogP contribution in [0.1, 0.15) is 35.2 Å². The topological polar surface area (TPSA) is 66.6 Å². The molecule has 104 valence electrons. The van der Waals surface area contributed by atoms with Crippen molar-refractivity contribution in [3.8, 4) is 0 Å². The minimum atomic E-state index is 0.0261. The normalized spacial score (nSPS) is 19.5. The first-order valence-corrected chi connectivity index (χ1v) is 6.88. The first kappa shape index (κ1) is 13.9. The Kier molecular flexibility index (Phi) is 4.43. The SMILES string of the molecule is Cc1cccc(N)c1C(=O)N1CCCC(CCO)C1. The summed E-state index contributed by atoms with van der Waals surface area (Å²) < 4.78 is 0. The van der Waals surface area contributed by atoms with Gasteiger partial charge in [0.15, 0.2) is 0 Å². The fourth-order valence-corrected chi connectivity index (χ4v) is 2.81. The predicted octanol–water partition coefficient (Wildman–Crippen LogP) is 1.81. The summed E-state index contributed by atoms with van der Waals surface area (Å²) in [6, 6.07) is 5.56. The Labute approximate surface area is 114 Å². The molecule has 1 aliphatic heterocycles. The molecule has 1 aliphatic rings. The van der Waals surface area contributed by atoms with Gasteiger partial charge in [0.05, 0.1) is 5.56 Å². The van der Waals surface area contributed by atoms with Crippen molar-refractivity contribution in [2.24, 2.45) is 5.92 Å². The fraction of sp³-hybridized carbons (Fsp3) is 0.533. The van der Waals surface area contributed by atoms with Gasteiger partial charge in [-0.1, -0.05) is 12.1 Å². The Morgan fingerprint density at radius 3 is 3.00 bits per heavy atom. The predicted molar refractivity (Wildman–Crippen MR) is 75.9 cm³/mol. The highest BCUT2D eigenvalue weighted by Gasteiger charge is 2.25. The van der Waals surface area contributed by atoms with Gasteiger partial charge in [0, 0.05) is 25.4 Å². The van der Waals surface area contributed by atoms with Crippen molar-refractivity contribution in [3.05, 3.63) is 29.3 Å². The molecule has 1 unspecified atom stereocenters. The number of benzene rings is 1. The molecule has 0 bridgehead atoms. The number of anilines is 1. The smallest absolute Gasteiger partial charge is 0.256 e. The van der Waals surface area contributed by atoms with Gasteiger partial charge in [-0.2, -0.15) is 0 Å². The van der Waals surface area contributed by atoms with Gasteiger partial charge in [-0.25, -0.2) is 0 Å². The number of aryl methyl sites for hydroxylation is 1. The number of amides is 1. The van der Waals surface area contributed by atoms with Gasteiger partial charge in [-0.15, -0.1) is 0 Å². The Morgan fingerprint density at radius 2 is 2.32 bits per heavy atom. The van der Waals surface area contributed by atoms with Gasteiger partial charge in [0.1, 0.15) is 0 Å². The van der Waals surface area contributed by atoms with Crippen LogP contribution in [0.4, 0.5) is 5.69 Å². The number of nitrogen functional groups attached to an aromatic ring is 1. The van der Waals surface area contributed by atoms with Crippen LogP contribution in [0.2, 0.25) is 0 Å². The summed E-state index contributed by atoms with van der Waals surface area (Å²) in [6.07, 6.45) is 2.86. The van der Waals surface area contributed by atoms with Gasteiger partial charge in [0.25, 0.3) is 5.91 Å². The van der Waals surface area contributed by atoms with Gasteiger partial charge in [0.2, 0.25) is 0 Å². The molecule has 0 spiro atoms. The number of hydrogen-bond acceptors (Lipinski definition) is 3. The molecule has 1 amide bonds. The minimum absolute atomic E-state index is 0.0261. The highest BCUT2D eigenvalue weighted by molar-refractivity contribution is 6.00. The Balaban J connectivity index is 2.15. The number of nitrogens with zero attached hydrogens (tertiary/aromatic N) is 1. The maximum Gasteiger partial charge on any atom is 0.256 e. The van der Waals surface area contributed by atoms with E-state index < -0.39 is 0 Å². The summed E-state index contributed by atoms with van der Waals surface area (Å²) >= 11 is 0. The number of aliphatic hydroxyl groups is 1. The van der Waals surface area contributed by atoms with E-state index in [9.17, 15) is 4.79 Å². The summed E-state index contributed by atoms with van der Waals surface area (Å²) in [6.45, 7) is 3.62. The third kappa shape index (κ3) is 3.07. The second-order valence-electron chi connectivity index (χ2n) is 5.31. The number of carbonyl (C=O) groups excluding carboxylic acids is 1. The first-order chi connectivity index (χ1) is 9.13. The quantitative estimate of drug-likeness (QED) is 0.816. The van der Waals surface area contributed by atoms with Crippen LogP contribution in [0.3, 0.4) is 0 Å². The highest BCUT2D eigenvalue weighted by atomic mass is 16.3. The van der Waals surface area contributed by atoms with Crippen LogP contribution in [0, 0.1) is 12.8 Å². The monoisotopic (exact) mass is 262 g/mol. The van der Waals surface area contributed by atoms with Gasteiger partial charge in [-0.05, 0) is 43.7 Å². The molecular weight excluding hydrogens is 240 g/mol. The Bertz CT molecular complexity index is 437. The number of aliphatic hydroxyl groups excluding tert-OH is 1.